The predicted octanol–water partition coefficient (Wildman–Crippen LogP) is 4.82. The van der Waals surface area contributed by atoms with Gasteiger partial charge in [-0.2, -0.15) is 0 Å². The molecule has 7 heteroatoms. The van der Waals surface area contributed by atoms with E-state index in [1.807, 2.05) is 12.3 Å². The van der Waals surface area contributed by atoms with Gasteiger partial charge in [0.15, 0.2) is 0 Å². The Kier molecular flexibility index (Phi) is 5.31. The Balaban J connectivity index is 1.27. The number of para-hydroxylation sites is 1. The van der Waals surface area contributed by atoms with Gasteiger partial charge in [-0.15, -0.1) is 0 Å². The van der Waals surface area contributed by atoms with Crippen molar-refractivity contribution in [1.29, 1.82) is 0 Å². The van der Waals surface area contributed by atoms with E-state index in [4.69, 9.17) is 4.98 Å². The first-order chi connectivity index (χ1) is 16.8. The van der Waals surface area contributed by atoms with Gasteiger partial charge >= 0.3 is 0 Å². The third kappa shape index (κ3) is 3.74. The number of piperazine rings is 1. The number of nitrogens with one attached hydrogen (secondary N) is 2. The van der Waals surface area contributed by atoms with Gasteiger partial charge in [-0.3, -0.25) is 0 Å². The molecule has 0 radical (unpaired) electrons. The summed E-state index contributed by atoms with van der Waals surface area (Å²) in [7, 11) is 0. The van der Waals surface area contributed by atoms with E-state index in [2.05, 4.69) is 91.6 Å². The van der Waals surface area contributed by atoms with Crippen LogP contribution in [0.4, 0.5) is 17.5 Å². The van der Waals surface area contributed by atoms with Crippen LogP contribution in [0.5, 0.6) is 0 Å². The van der Waals surface area contributed by atoms with Gasteiger partial charge in [0, 0.05) is 78.2 Å². The summed E-state index contributed by atoms with van der Waals surface area (Å²) < 4.78 is 2.35. The molecule has 7 nitrogen and oxygen atoms in total. The zero-order chi connectivity index (χ0) is 22.9. The lowest BCUT2D eigenvalue weighted by Gasteiger charge is -2.28. The lowest BCUT2D eigenvalue weighted by atomic mass is 10.1. The Hall–Kier alpha value is -3.97. The number of nitrogens with zero attached hydrogens (tertiary/aromatic N) is 5. The molecule has 1 aliphatic rings. The minimum absolute atomic E-state index is 0.572. The van der Waals surface area contributed by atoms with Crippen LogP contribution in [0.2, 0.25) is 0 Å². The van der Waals surface area contributed by atoms with Crippen LogP contribution in [-0.2, 0) is 6.54 Å². The second-order valence-corrected chi connectivity index (χ2v) is 8.53. The van der Waals surface area contributed by atoms with Crippen LogP contribution in [0, 0.1) is 0 Å². The molecule has 3 aromatic heterocycles. The summed E-state index contributed by atoms with van der Waals surface area (Å²) in [5.41, 5.74) is 5.29. The van der Waals surface area contributed by atoms with E-state index in [0.717, 1.165) is 55.5 Å². The quantitative estimate of drug-likeness (QED) is 0.401. The molecule has 2 aromatic carbocycles. The van der Waals surface area contributed by atoms with Gasteiger partial charge in [-0.1, -0.05) is 18.2 Å². The van der Waals surface area contributed by atoms with Gasteiger partial charge in [0.1, 0.15) is 5.82 Å². The van der Waals surface area contributed by atoms with Crippen LogP contribution >= 0.6 is 0 Å². The lowest BCUT2D eigenvalue weighted by Crippen LogP contribution is -2.43. The smallest absolute Gasteiger partial charge is 0.227 e. The number of hydrogen-bond acceptors (Lipinski definition) is 6. The van der Waals surface area contributed by atoms with Crippen LogP contribution in [0.1, 0.15) is 6.92 Å². The summed E-state index contributed by atoms with van der Waals surface area (Å²) in [6, 6.07) is 21.1. The number of aryl methyl sites for hydroxylation is 1. The molecule has 34 heavy (non-hydrogen) atoms. The first kappa shape index (κ1) is 20.6. The lowest BCUT2D eigenvalue weighted by molar-refractivity contribution is 0.585. The number of rotatable bonds is 5. The summed E-state index contributed by atoms with van der Waals surface area (Å²) in [5, 5.41) is 9.26. The molecule has 0 amide bonds. The highest BCUT2D eigenvalue weighted by molar-refractivity contribution is 6.09. The van der Waals surface area contributed by atoms with Crippen molar-refractivity contribution in [3.8, 4) is 11.3 Å². The molecule has 0 saturated carbocycles. The van der Waals surface area contributed by atoms with Crippen LogP contribution in [0.25, 0.3) is 33.1 Å². The van der Waals surface area contributed by atoms with E-state index < -0.39 is 0 Å². The predicted molar refractivity (Wildman–Crippen MR) is 139 cm³/mol. The third-order valence-corrected chi connectivity index (χ3v) is 6.48. The van der Waals surface area contributed by atoms with E-state index in [9.17, 15) is 0 Å². The second-order valence-electron chi connectivity index (χ2n) is 8.53. The van der Waals surface area contributed by atoms with Gasteiger partial charge < -0.3 is 20.1 Å². The molecule has 2 N–H and O–H groups in total. The summed E-state index contributed by atoms with van der Waals surface area (Å²) in [5.74, 6) is 1.58. The molecule has 4 heterocycles. The molecule has 1 saturated heterocycles. The first-order valence-corrected chi connectivity index (χ1v) is 11.8. The van der Waals surface area contributed by atoms with E-state index in [-0.39, 0.29) is 0 Å². The Morgan fingerprint density at radius 3 is 2.59 bits per heavy atom. The maximum absolute atomic E-state index is 4.75. The molecule has 0 unspecified atom stereocenters. The summed E-state index contributed by atoms with van der Waals surface area (Å²) in [6.07, 6.45) is 3.69. The third-order valence-electron chi connectivity index (χ3n) is 6.48. The number of benzene rings is 2. The largest absolute Gasteiger partial charge is 0.354 e. The second kappa shape index (κ2) is 8.76. The van der Waals surface area contributed by atoms with Gasteiger partial charge in [0.2, 0.25) is 5.95 Å². The summed E-state index contributed by atoms with van der Waals surface area (Å²) in [6.45, 7) is 7.07. The summed E-state index contributed by atoms with van der Waals surface area (Å²) >= 11 is 0. The molecule has 0 bridgehead atoms. The zero-order valence-electron chi connectivity index (χ0n) is 19.2. The molecule has 6 rings (SSSR count). The number of aromatic nitrogens is 4. The highest BCUT2D eigenvalue weighted by atomic mass is 15.2. The average molecular weight is 450 g/mol. The van der Waals surface area contributed by atoms with Gasteiger partial charge in [-0.05, 0) is 49.4 Å². The van der Waals surface area contributed by atoms with E-state index in [0.29, 0.717) is 5.95 Å². The van der Waals surface area contributed by atoms with E-state index in [1.54, 1.807) is 6.20 Å². The number of anilines is 3. The van der Waals surface area contributed by atoms with Crippen molar-refractivity contribution < 1.29 is 0 Å². The van der Waals surface area contributed by atoms with Crippen molar-refractivity contribution in [1.82, 2.24) is 24.8 Å². The number of hydrogen-bond donors (Lipinski definition) is 2. The van der Waals surface area contributed by atoms with E-state index >= 15 is 0 Å². The minimum Gasteiger partial charge on any atom is -0.354 e. The number of fused-ring (bicyclic) bond motifs is 3. The van der Waals surface area contributed by atoms with Crippen LogP contribution in [0.3, 0.4) is 0 Å². The molecule has 170 valence electrons. The molecular weight excluding hydrogens is 422 g/mol. The average Bonchev–Trinajstić information content (AvgIpc) is 3.22. The SMILES string of the molecule is CCn1c2ccccc2c2cc(Nc3nccc(-c4ccc(N5CCNCC5)nc4)n3)ccc21. The fraction of sp³-hybridized carbons (Fsp3) is 0.222. The Morgan fingerprint density at radius 1 is 0.912 bits per heavy atom. The fourth-order valence-corrected chi connectivity index (χ4v) is 4.80. The van der Waals surface area contributed by atoms with Gasteiger partial charge in [0.25, 0.3) is 0 Å². The normalized spacial score (nSPS) is 14.1. The minimum atomic E-state index is 0.572. The van der Waals surface area contributed by atoms with Crippen LogP contribution in [0.15, 0.2) is 73.1 Å². The highest BCUT2D eigenvalue weighted by Gasteiger charge is 2.13. The Labute approximate surface area is 198 Å². The zero-order valence-corrected chi connectivity index (χ0v) is 19.2. The molecule has 0 spiro atoms. The van der Waals surface area contributed by atoms with Gasteiger partial charge in [-0.25, -0.2) is 15.0 Å². The topological polar surface area (TPSA) is 70.9 Å². The number of pyridine rings is 1. The maximum Gasteiger partial charge on any atom is 0.227 e. The monoisotopic (exact) mass is 449 g/mol. The van der Waals surface area contributed by atoms with Crippen molar-refractivity contribution >= 4 is 39.3 Å². The van der Waals surface area contributed by atoms with Crippen LogP contribution < -0.4 is 15.5 Å². The maximum atomic E-state index is 4.75. The molecule has 5 aromatic rings. The van der Waals surface area contributed by atoms with E-state index in [1.165, 1.54) is 21.8 Å². The van der Waals surface area contributed by atoms with Crippen molar-refractivity contribution in [2.75, 3.05) is 36.4 Å². The van der Waals surface area contributed by atoms with Crippen molar-refractivity contribution in [3.05, 3.63) is 73.1 Å². The molecule has 1 aliphatic heterocycles. The summed E-state index contributed by atoms with van der Waals surface area (Å²) in [4.78, 5) is 16.2. The Morgan fingerprint density at radius 2 is 1.76 bits per heavy atom. The van der Waals surface area contributed by atoms with Crippen molar-refractivity contribution in [2.45, 2.75) is 13.5 Å². The fourth-order valence-electron chi connectivity index (χ4n) is 4.80. The Bertz CT molecular complexity index is 1450. The standard InChI is InChI=1S/C27H27N7/c1-2-34-24-6-4-3-5-21(24)22-17-20(8-9-25(22)34)31-27-29-12-11-23(32-27)19-7-10-26(30-18-19)33-15-13-28-14-16-33/h3-12,17-18,28H,2,13-16H2,1H3,(H,29,31,32). The first-order valence-electron chi connectivity index (χ1n) is 11.8. The van der Waals surface area contributed by atoms with Gasteiger partial charge in [0.05, 0.1) is 5.69 Å². The molecule has 0 atom stereocenters. The molecule has 0 aliphatic carbocycles. The highest BCUT2D eigenvalue weighted by Crippen LogP contribution is 2.31. The van der Waals surface area contributed by atoms with Crippen molar-refractivity contribution in [2.24, 2.45) is 0 Å². The molecule has 1 fully saturated rings. The van der Waals surface area contributed by atoms with Crippen molar-refractivity contribution in [3.63, 3.8) is 0 Å². The van der Waals surface area contributed by atoms with Crippen LogP contribution in [-0.4, -0.2) is 45.7 Å². The molecular formula is C27H27N7.